The third-order valence-electron chi connectivity index (χ3n) is 2.58. The Morgan fingerprint density at radius 3 is 2.85 bits per heavy atom. The van der Waals surface area contributed by atoms with Crippen LogP contribution in [0.5, 0.6) is 0 Å². The van der Waals surface area contributed by atoms with E-state index in [0.717, 1.165) is 0 Å². The second-order valence-electron chi connectivity index (χ2n) is 4.30. The van der Waals surface area contributed by atoms with Crippen molar-refractivity contribution in [3.63, 3.8) is 0 Å². The van der Waals surface area contributed by atoms with E-state index >= 15 is 0 Å². The zero-order valence-electron chi connectivity index (χ0n) is 10.6. The number of halogens is 2. The van der Waals surface area contributed by atoms with E-state index in [1.54, 1.807) is 30.1 Å². The van der Waals surface area contributed by atoms with Gasteiger partial charge in [0.25, 0.3) is 0 Å². The normalized spacial score (nSPS) is 13.3. The lowest BCUT2D eigenvalue weighted by Crippen LogP contribution is -2.36. The molecule has 0 aliphatic rings. The van der Waals surface area contributed by atoms with E-state index in [9.17, 15) is 12.8 Å². The van der Waals surface area contributed by atoms with Crippen molar-refractivity contribution in [2.24, 2.45) is 0 Å². The maximum absolute atomic E-state index is 13.8. The molecule has 1 aromatic heterocycles. The van der Waals surface area contributed by atoms with Gasteiger partial charge in [0, 0.05) is 18.4 Å². The van der Waals surface area contributed by atoms with Crippen LogP contribution in [-0.4, -0.2) is 24.2 Å². The molecule has 2 rings (SSSR count). The average molecular weight is 318 g/mol. The van der Waals surface area contributed by atoms with Crippen molar-refractivity contribution in [3.8, 4) is 0 Å². The van der Waals surface area contributed by atoms with Crippen LogP contribution in [0, 0.1) is 5.82 Å². The van der Waals surface area contributed by atoms with Crippen molar-refractivity contribution in [1.82, 2.24) is 14.5 Å². The Morgan fingerprint density at radius 2 is 2.20 bits per heavy atom. The second kappa shape index (κ2) is 5.90. The number of nitrogens with zero attached hydrogens (tertiary/aromatic N) is 2. The highest BCUT2D eigenvalue weighted by atomic mass is 35.5. The van der Waals surface area contributed by atoms with Gasteiger partial charge >= 0.3 is 0 Å². The molecule has 0 fully saturated rings. The Bertz CT molecular complexity index is 689. The Kier molecular flexibility index (Phi) is 4.42. The summed E-state index contributed by atoms with van der Waals surface area (Å²) >= 11 is 5.59. The summed E-state index contributed by atoms with van der Waals surface area (Å²) in [5, 5.41) is 3.75. The number of hydrogen-bond donors (Lipinski definition) is 1. The molecular formula is C12H13ClFN3O2S. The molecule has 0 spiro atoms. The number of aromatic nitrogens is 2. The van der Waals surface area contributed by atoms with Gasteiger partial charge in [-0.1, -0.05) is 17.7 Å². The molecule has 1 unspecified atom stereocenters. The van der Waals surface area contributed by atoms with E-state index in [1.165, 1.54) is 18.2 Å². The van der Waals surface area contributed by atoms with Crippen molar-refractivity contribution in [3.05, 3.63) is 47.5 Å². The third kappa shape index (κ3) is 3.36. The van der Waals surface area contributed by atoms with Gasteiger partial charge in [-0.2, -0.15) is 5.10 Å². The zero-order chi connectivity index (χ0) is 14.8. The maximum Gasteiger partial charge on any atom is 0.243 e. The quantitative estimate of drug-likeness (QED) is 0.918. The predicted octanol–water partition coefficient (Wildman–Crippen LogP) is 2.04. The fourth-order valence-corrected chi connectivity index (χ4v) is 3.31. The van der Waals surface area contributed by atoms with Gasteiger partial charge in [-0.05, 0) is 25.1 Å². The van der Waals surface area contributed by atoms with Crippen LogP contribution < -0.4 is 4.72 Å². The maximum atomic E-state index is 13.8. The van der Waals surface area contributed by atoms with Crippen LogP contribution in [-0.2, 0) is 16.6 Å². The fraction of sp³-hybridized carbons (Fsp3) is 0.250. The minimum Gasteiger partial charge on any atom is -0.271 e. The fourth-order valence-electron chi connectivity index (χ4n) is 1.75. The van der Waals surface area contributed by atoms with Gasteiger partial charge in [-0.15, -0.1) is 0 Å². The summed E-state index contributed by atoms with van der Waals surface area (Å²) in [6, 6.07) is 5.14. The zero-order valence-corrected chi connectivity index (χ0v) is 12.2. The number of hydrogen-bond acceptors (Lipinski definition) is 3. The van der Waals surface area contributed by atoms with Crippen molar-refractivity contribution < 1.29 is 12.8 Å². The molecule has 1 atom stereocenters. The summed E-state index contributed by atoms with van der Waals surface area (Å²) in [4.78, 5) is -0.461. The summed E-state index contributed by atoms with van der Waals surface area (Å²) < 4.78 is 41.9. The molecule has 2 aromatic rings. The van der Waals surface area contributed by atoms with E-state index in [1.807, 2.05) is 0 Å². The lowest BCUT2D eigenvalue weighted by atomic mass is 10.3. The van der Waals surface area contributed by atoms with Gasteiger partial charge in [0.1, 0.15) is 4.90 Å². The van der Waals surface area contributed by atoms with E-state index in [2.05, 4.69) is 9.82 Å². The van der Waals surface area contributed by atoms with Gasteiger partial charge in [-0.3, -0.25) is 4.68 Å². The van der Waals surface area contributed by atoms with Gasteiger partial charge in [0.05, 0.1) is 11.6 Å². The first-order valence-corrected chi connectivity index (χ1v) is 7.70. The Balaban J connectivity index is 2.16. The van der Waals surface area contributed by atoms with Crippen molar-refractivity contribution >= 4 is 21.6 Å². The van der Waals surface area contributed by atoms with E-state index < -0.39 is 26.8 Å². The van der Waals surface area contributed by atoms with Crippen LogP contribution in [0.2, 0.25) is 5.02 Å². The highest BCUT2D eigenvalue weighted by Gasteiger charge is 2.22. The molecule has 108 valence electrons. The van der Waals surface area contributed by atoms with Crippen molar-refractivity contribution in [2.75, 3.05) is 0 Å². The number of nitrogens with one attached hydrogen (secondary N) is 1. The molecule has 20 heavy (non-hydrogen) atoms. The number of benzene rings is 1. The largest absolute Gasteiger partial charge is 0.271 e. The van der Waals surface area contributed by atoms with Crippen LogP contribution in [0.3, 0.4) is 0 Å². The Labute approximate surface area is 121 Å². The monoisotopic (exact) mass is 317 g/mol. The van der Waals surface area contributed by atoms with Gasteiger partial charge in [0.15, 0.2) is 5.82 Å². The van der Waals surface area contributed by atoms with Crippen LogP contribution in [0.15, 0.2) is 41.6 Å². The molecule has 5 nitrogen and oxygen atoms in total. The molecule has 0 aliphatic heterocycles. The van der Waals surface area contributed by atoms with Crippen LogP contribution in [0.1, 0.15) is 6.92 Å². The molecular weight excluding hydrogens is 305 g/mol. The molecule has 1 heterocycles. The van der Waals surface area contributed by atoms with Gasteiger partial charge in [-0.25, -0.2) is 17.5 Å². The number of sulfonamides is 1. The van der Waals surface area contributed by atoms with E-state index in [0.29, 0.717) is 6.54 Å². The summed E-state index contributed by atoms with van der Waals surface area (Å²) in [5.41, 5.74) is 0. The molecule has 0 amide bonds. The predicted molar refractivity (Wildman–Crippen MR) is 73.4 cm³/mol. The first-order valence-electron chi connectivity index (χ1n) is 5.84. The Morgan fingerprint density at radius 1 is 1.45 bits per heavy atom. The SMILES string of the molecule is CC(Cn1cccn1)NS(=O)(=O)c1cccc(Cl)c1F. The summed E-state index contributed by atoms with van der Waals surface area (Å²) in [6.07, 6.45) is 3.31. The summed E-state index contributed by atoms with van der Waals surface area (Å²) in [5.74, 6) is -0.951. The minimum absolute atomic E-state index is 0.229. The first kappa shape index (κ1) is 15.0. The highest BCUT2D eigenvalue weighted by molar-refractivity contribution is 7.89. The van der Waals surface area contributed by atoms with Crippen LogP contribution >= 0.6 is 11.6 Å². The standard InChI is InChI=1S/C12H13ClFN3O2S/c1-9(8-17-7-3-6-15-17)16-20(18,19)11-5-2-4-10(13)12(11)14/h2-7,9,16H,8H2,1H3. The smallest absolute Gasteiger partial charge is 0.243 e. The molecule has 8 heteroatoms. The number of rotatable bonds is 5. The topological polar surface area (TPSA) is 64.0 Å². The van der Waals surface area contributed by atoms with Gasteiger partial charge < -0.3 is 0 Å². The van der Waals surface area contributed by atoms with Crippen LogP contribution in [0.4, 0.5) is 4.39 Å². The Hall–Kier alpha value is -1.44. The molecule has 0 bridgehead atoms. The molecule has 0 radical (unpaired) electrons. The summed E-state index contributed by atoms with van der Waals surface area (Å²) in [7, 11) is -3.97. The molecule has 0 aliphatic carbocycles. The first-order chi connectivity index (χ1) is 9.40. The lowest BCUT2D eigenvalue weighted by Gasteiger charge is -2.15. The molecule has 1 aromatic carbocycles. The molecule has 1 N–H and O–H groups in total. The van der Waals surface area contributed by atoms with Crippen LogP contribution in [0.25, 0.3) is 0 Å². The molecule has 0 saturated heterocycles. The molecule has 0 saturated carbocycles. The lowest BCUT2D eigenvalue weighted by molar-refractivity contribution is 0.490. The van der Waals surface area contributed by atoms with E-state index in [4.69, 9.17) is 11.6 Å². The van der Waals surface area contributed by atoms with Crippen molar-refractivity contribution in [2.45, 2.75) is 24.4 Å². The van der Waals surface area contributed by atoms with E-state index in [-0.39, 0.29) is 5.02 Å². The second-order valence-corrected chi connectivity index (χ2v) is 6.39. The minimum atomic E-state index is -3.97. The summed E-state index contributed by atoms with van der Waals surface area (Å²) in [6.45, 7) is 2.01. The average Bonchev–Trinajstić information content (AvgIpc) is 2.84. The highest BCUT2D eigenvalue weighted by Crippen LogP contribution is 2.21. The van der Waals surface area contributed by atoms with Crippen molar-refractivity contribution in [1.29, 1.82) is 0 Å². The third-order valence-corrected chi connectivity index (χ3v) is 4.48. The van der Waals surface area contributed by atoms with Gasteiger partial charge in [0.2, 0.25) is 10.0 Å².